The van der Waals surface area contributed by atoms with Crippen molar-refractivity contribution in [3.63, 3.8) is 0 Å². The molecule has 0 saturated carbocycles. The molecular weight excluding hydrogens is 372 g/mol. The number of carbonyl (C=O) groups is 1. The van der Waals surface area contributed by atoms with Gasteiger partial charge < -0.3 is 10.1 Å². The Morgan fingerprint density at radius 1 is 1.03 bits per heavy atom. The van der Waals surface area contributed by atoms with Crippen molar-refractivity contribution in [2.45, 2.75) is 59.1 Å². The number of hydrogen-bond acceptors (Lipinski definition) is 3. The van der Waals surface area contributed by atoms with Crippen LogP contribution < -0.4 is 10.1 Å². The first kappa shape index (κ1) is 22.4. The average Bonchev–Trinajstić information content (AvgIpc) is 2.74. The van der Waals surface area contributed by atoms with Crippen LogP contribution in [0, 0.1) is 12.8 Å². The molecule has 1 heterocycles. The average molecular weight is 409 g/mol. The van der Waals surface area contributed by atoms with E-state index >= 15 is 0 Å². The Bertz CT molecular complexity index is 776. The Kier molecular flexibility index (Phi) is 8.32. The van der Waals surface area contributed by atoms with Crippen LogP contribution in [0.15, 0.2) is 48.5 Å². The number of nitrogens with one attached hydrogen (secondary N) is 1. The van der Waals surface area contributed by atoms with Gasteiger partial charge in [-0.3, -0.25) is 9.69 Å². The topological polar surface area (TPSA) is 41.6 Å². The van der Waals surface area contributed by atoms with Gasteiger partial charge in [0, 0.05) is 19.0 Å². The number of nitrogens with zero attached hydrogens (tertiary/aromatic N) is 1. The molecular formula is C26H36N2O2. The normalized spacial score (nSPS) is 15.3. The van der Waals surface area contributed by atoms with Gasteiger partial charge in [-0.1, -0.05) is 42.0 Å². The lowest BCUT2D eigenvalue weighted by Gasteiger charge is -2.31. The fourth-order valence-electron chi connectivity index (χ4n) is 3.96. The van der Waals surface area contributed by atoms with Gasteiger partial charge in [-0.15, -0.1) is 0 Å². The van der Waals surface area contributed by atoms with Crippen molar-refractivity contribution in [3.8, 4) is 5.75 Å². The summed E-state index contributed by atoms with van der Waals surface area (Å²) in [5, 5.41) is 3.15. The van der Waals surface area contributed by atoms with Crippen LogP contribution in [0.25, 0.3) is 0 Å². The Morgan fingerprint density at radius 2 is 1.67 bits per heavy atom. The molecule has 4 nitrogen and oxygen atoms in total. The molecule has 0 unspecified atom stereocenters. The van der Waals surface area contributed by atoms with Crippen LogP contribution in [-0.2, 0) is 17.8 Å². The highest BCUT2D eigenvalue weighted by molar-refractivity contribution is 5.78. The first-order chi connectivity index (χ1) is 14.5. The highest BCUT2D eigenvalue weighted by Gasteiger charge is 2.24. The summed E-state index contributed by atoms with van der Waals surface area (Å²) in [6.07, 6.45) is 4.03. The summed E-state index contributed by atoms with van der Waals surface area (Å²) in [6.45, 7) is 9.90. The highest BCUT2D eigenvalue weighted by Crippen LogP contribution is 2.20. The van der Waals surface area contributed by atoms with Crippen molar-refractivity contribution >= 4 is 5.91 Å². The molecule has 1 saturated heterocycles. The first-order valence-electron chi connectivity index (χ1n) is 11.3. The summed E-state index contributed by atoms with van der Waals surface area (Å²) in [7, 11) is 0. The number of likely N-dealkylation sites (tertiary alicyclic amines) is 1. The molecule has 3 rings (SSSR count). The molecule has 162 valence electrons. The van der Waals surface area contributed by atoms with E-state index in [9.17, 15) is 4.79 Å². The Hall–Kier alpha value is -2.33. The van der Waals surface area contributed by atoms with E-state index in [-0.39, 0.29) is 17.9 Å². The minimum absolute atomic E-state index is 0.159. The number of amides is 1. The summed E-state index contributed by atoms with van der Waals surface area (Å²) in [6, 6.07) is 17.0. The number of ether oxygens (including phenoxy) is 1. The van der Waals surface area contributed by atoms with Gasteiger partial charge in [0.15, 0.2) is 0 Å². The van der Waals surface area contributed by atoms with Crippen LogP contribution in [-0.4, -0.2) is 36.5 Å². The molecule has 1 aliphatic rings. The summed E-state index contributed by atoms with van der Waals surface area (Å²) < 4.78 is 5.68. The van der Waals surface area contributed by atoms with Crippen molar-refractivity contribution in [2.75, 3.05) is 19.6 Å². The minimum atomic E-state index is 0.159. The minimum Gasteiger partial charge on any atom is -0.491 e. The Morgan fingerprint density at radius 3 is 2.30 bits per heavy atom. The highest BCUT2D eigenvalue weighted by atomic mass is 16.5. The summed E-state index contributed by atoms with van der Waals surface area (Å²) in [4.78, 5) is 15.0. The molecule has 1 N–H and O–H groups in total. The van der Waals surface area contributed by atoms with E-state index in [2.05, 4.69) is 53.5 Å². The van der Waals surface area contributed by atoms with Crippen molar-refractivity contribution < 1.29 is 9.53 Å². The number of aryl methyl sites for hydroxylation is 2. The predicted octanol–water partition coefficient (Wildman–Crippen LogP) is 4.74. The lowest BCUT2D eigenvalue weighted by Crippen LogP contribution is -2.40. The molecule has 1 fully saturated rings. The molecule has 1 amide bonds. The zero-order chi connectivity index (χ0) is 21.3. The molecule has 1 aliphatic heterocycles. The van der Waals surface area contributed by atoms with E-state index < -0.39 is 0 Å². The third kappa shape index (κ3) is 7.17. The van der Waals surface area contributed by atoms with Gasteiger partial charge in [-0.25, -0.2) is 0 Å². The molecule has 2 aromatic carbocycles. The van der Waals surface area contributed by atoms with Gasteiger partial charge in [0.2, 0.25) is 5.91 Å². The zero-order valence-corrected chi connectivity index (χ0v) is 18.7. The van der Waals surface area contributed by atoms with Crippen molar-refractivity contribution in [1.29, 1.82) is 0 Å². The molecule has 0 radical (unpaired) electrons. The SMILES string of the molecule is Cc1ccc(CN2CCC(C(=O)NCCCc3ccc(OC(C)C)cc3)CC2)cc1. The van der Waals surface area contributed by atoms with E-state index in [1.807, 2.05) is 26.0 Å². The van der Waals surface area contributed by atoms with Crippen LogP contribution in [0.4, 0.5) is 0 Å². The van der Waals surface area contributed by atoms with Crippen LogP contribution in [0.3, 0.4) is 0 Å². The summed E-state index contributed by atoms with van der Waals surface area (Å²) >= 11 is 0. The second kappa shape index (κ2) is 11.2. The zero-order valence-electron chi connectivity index (χ0n) is 18.7. The molecule has 4 heteroatoms. The van der Waals surface area contributed by atoms with Crippen LogP contribution in [0.2, 0.25) is 0 Å². The first-order valence-corrected chi connectivity index (χ1v) is 11.3. The van der Waals surface area contributed by atoms with Gasteiger partial charge in [0.05, 0.1) is 6.10 Å². The lowest BCUT2D eigenvalue weighted by atomic mass is 9.95. The predicted molar refractivity (Wildman–Crippen MR) is 123 cm³/mol. The number of carbonyl (C=O) groups excluding carboxylic acids is 1. The van der Waals surface area contributed by atoms with Crippen LogP contribution in [0.5, 0.6) is 5.75 Å². The maximum atomic E-state index is 12.5. The summed E-state index contributed by atoms with van der Waals surface area (Å²) in [5.74, 6) is 1.30. The molecule has 0 aliphatic carbocycles. The largest absolute Gasteiger partial charge is 0.491 e. The van der Waals surface area contributed by atoms with Crippen molar-refractivity contribution in [2.24, 2.45) is 5.92 Å². The monoisotopic (exact) mass is 408 g/mol. The van der Waals surface area contributed by atoms with Gasteiger partial charge in [-0.05, 0) is 82.8 Å². The van der Waals surface area contributed by atoms with Crippen molar-refractivity contribution in [3.05, 3.63) is 65.2 Å². The standard InChI is InChI=1S/C26H36N2O2/c1-20(2)30-25-12-10-22(11-13-25)5-4-16-27-26(29)24-14-17-28(18-15-24)19-23-8-6-21(3)7-9-23/h6-13,20,24H,4-5,14-19H2,1-3H3,(H,27,29). The Balaban J connectivity index is 1.31. The fourth-order valence-corrected chi connectivity index (χ4v) is 3.96. The number of hydrogen-bond donors (Lipinski definition) is 1. The van der Waals surface area contributed by atoms with E-state index in [0.29, 0.717) is 0 Å². The van der Waals surface area contributed by atoms with E-state index in [0.717, 1.165) is 57.6 Å². The quantitative estimate of drug-likeness (QED) is 0.609. The molecule has 2 aromatic rings. The summed E-state index contributed by atoms with van der Waals surface area (Å²) in [5.41, 5.74) is 3.93. The number of rotatable bonds is 9. The van der Waals surface area contributed by atoms with Crippen molar-refractivity contribution in [1.82, 2.24) is 10.2 Å². The third-order valence-corrected chi connectivity index (χ3v) is 5.72. The van der Waals surface area contributed by atoms with Crippen LogP contribution >= 0.6 is 0 Å². The van der Waals surface area contributed by atoms with Gasteiger partial charge in [-0.2, -0.15) is 0 Å². The smallest absolute Gasteiger partial charge is 0.223 e. The number of benzene rings is 2. The van der Waals surface area contributed by atoms with E-state index in [4.69, 9.17) is 4.74 Å². The van der Waals surface area contributed by atoms with Gasteiger partial charge in [0.1, 0.15) is 5.75 Å². The third-order valence-electron chi connectivity index (χ3n) is 5.72. The molecule has 0 bridgehead atoms. The lowest BCUT2D eigenvalue weighted by molar-refractivity contribution is -0.126. The maximum Gasteiger partial charge on any atom is 0.223 e. The molecule has 0 aromatic heterocycles. The number of piperidine rings is 1. The second-order valence-electron chi connectivity index (χ2n) is 8.74. The molecule has 0 atom stereocenters. The fraction of sp³-hybridized carbons (Fsp3) is 0.500. The Labute approximate surface area is 181 Å². The second-order valence-corrected chi connectivity index (χ2v) is 8.74. The van der Waals surface area contributed by atoms with E-state index in [1.165, 1.54) is 16.7 Å². The molecule has 0 spiro atoms. The molecule has 30 heavy (non-hydrogen) atoms. The van der Waals surface area contributed by atoms with Gasteiger partial charge in [0.25, 0.3) is 0 Å². The van der Waals surface area contributed by atoms with E-state index in [1.54, 1.807) is 0 Å². The van der Waals surface area contributed by atoms with Gasteiger partial charge >= 0.3 is 0 Å². The maximum absolute atomic E-state index is 12.5. The van der Waals surface area contributed by atoms with Crippen LogP contribution in [0.1, 0.15) is 49.8 Å².